The predicted molar refractivity (Wildman–Crippen MR) is 197 cm³/mol. The van der Waals surface area contributed by atoms with E-state index in [0.717, 1.165) is 44.8 Å². The van der Waals surface area contributed by atoms with Crippen LogP contribution in [0.2, 0.25) is 19.6 Å². The molecule has 2 aromatic carbocycles. The second-order valence-electron chi connectivity index (χ2n) is 14.5. The minimum atomic E-state index is -1.35. The zero-order valence-corrected chi connectivity index (χ0v) is 31.8. The van der Waals surface area contributed by atoms with Crippen LogP contribution in [0.15, 0.2) is 89.7 Å². The fourth-order valence-corrected chi connectivity index (χ4v) is 9.20. The fourth-order valence-electron chi connectivity index (χ4n) is 7.61. The molecule has 6 aromatic rings. The van der Waals surface area contributed by atoms with Crippen molar-refractivity contribution in [2.24, 2.45) is 5.92 Å². The van der Waals surface area contributed by atoms with Gasteiger partial charge in [-0.25, -0.2) is 4.98 Å². The van der Waals surface area contributed by atoms with E-state index in [4.69, 9.17) is 9.40 Å². The van der Waals surface area contributed by atoms with Gasteiger partial charge in [0.2, 0.25) is 5.71 Å². The molecule has 1 radical (unpaired) electrons. The molecule has 4 heterocycles. The Morgan fingerprint density at radius 2 is 1.56 bits per heavy atom. The third kappa shape index (κ3) is 7.72. The van der Waals surface area contributed by atoms with Crippen molar-refractivity contribution >= 4 is 35.3 Å². The number of hydrogen-bond donors (Lipinski definition) is 0. The Morgan fingerprint density at radius 3 is 2.33 bits per heavy atom. The molecule has 2 aliphatic rings. The van der Waals surface area contributed by atoms with Gasteiger partial charge in [-0.1, -0.05) is 98.8 Å². The minimum Gasteiger partial charge on any atom is -0.486 e. The van der Waals surface area contributed by atoms with Crippen LogP contribution in [0, 0.1) is 18.1 Å². The van der Waals surface area contributed by atoms with Crippen LogP contribution < -0.4 is 5.19 Å². The number of nitrogens with zero attached hydrogens (tertiary/aromatic N) is 3. The van der Waals surface area contributed by atoms with Gasteiger partial charge < -0.3 is 14.4 Å². The van der Waals surface area contributed by atoms with Crippen molar-refractivity contribution in [1.82, 2.24) is 15.0 Å². The quantitative estimate of drug-likeness (QED) is 0.124. The summed E-state index contributed by atoms with van der Waals surface area (Å²) in [4.78, 5) is 13.7. The van der Waals surface area contributed by atoms with Crippen molar-refractivity contribution in [3.8, 4) is 22.5 Å². The molecule has 2 saturated carbocycles. The molecule has 2 fully saturated rings. The number of rotatable bonds is 6. The van der Waals surface area contributed by atoms with Crippen LogP contribution in [-0.2, 0) is 26.5 Å². The van der Waals surface area contributed by atoms with E-state index in [1.54, 1.807) is 16.9 Å². The van der Waals surface area contributed by atoms with Crippen LogP contribution in [0.1, 0.15) is 74.8 Å². The Balaban J connectivity index is 0.000000165. The summed E-state index contributed by atoms with van der Waals surface area (Å²) in [5.41, 5.74) is 8.48. The molecular weight excluding hydrogens is 783 g/mol. The summed E-state index contributed by atoms with van der Waals surface area (Å²) < 4.78 is 6.04. The van der Waals surface area contributed by atoms with E-state index >= 15 is 0 Å². The summed E-state index contributed by atoms with van der Waals surface area (Å²) in [5.74, 6) is 1.54. The molecule has 249 valence electrons. The number of benzene rings is 2. The minimum absolute atomic E-state index is 0. The van der Waals surface area contributed by atoms with E-state index in [1.165, 1.54) is 69.8 Å². The maximum absolute atomic E-state index is 6.04. The van der Waals surface area contributed by atoms with Crippen LogP contribution in [0.4, 0.5) is 0 Å². The van der Waals surface area contributed by atoms with E-state index in [-0.39, 0.29) is 20.1 Å². The van der Waals surface area contributed by atoms with Gasteiger partial charge in [0, 0.05) is 44.1 Å². The number of pyridine rings is 3. The van der Waals surface area contributed by atoms with Gasteiger partial charge in [0.1, 0.15) is 0 Å². The van der Waals surface area contributed by atoms with Gasteiger partial charge in [0.15, 0.2) is 0 Å². The smallest absolute Gasteiger partial charge is 0.216 e. The molecule has 0 bridgehead atoms. The fraction of sp³-hybridized carbons (Fsp3) is 0.357. The van der Waals surface area contributed by atoms with Gasteiger partial charge in [-0.3, -0.25) is 0 Å². The van der Waals surface area contributed by atoms with E-state index in [9.17, 15) is 0 Å². The monoisotopic (exact) mass is 828 g/mol. The zero-order chi connectivity index (χ0) is 32.2. The molecule has 0 spiro atoms. The second-order valence-corrected chi connectivity index (χ2v) is 19.5. The van der Waals surface area contributed by atoms with Crippen LogP contribution in [-0.4, -0.2) is 23.0 Å². The Kier molecular flexibility index (Phi) is 11.0. The second kappa shape index (κ2) is 15.4. The Hall–Kier alpha value is -3.44. The first-order chi connectivity index (χ1) is 22.9. The average Bonchev–Trinajstić information content (AvgIpc) is 3.77. The normalized spacial score (nSPS) is 15.6. The summed E-state index contributed by atoms with van der Waals surface area (Å²) in [6.07, 6.45) is 19.3. The molecule has 0 amide bonds. The standard InChI is InChI=1S/C22H19N2O.C20H26NSi.Ir/c1-2-6-15(7-3-1)16-11-13-23-20(14-16)19-9-4-8-17-18-10-5-12-24-22(18)25-21(17)19;1-22(2,3)20-15-21-19(17-11-5-4-6-12-17)14-18(20)13-16-9-7-8-10-16;/h4-5,8,10-15H,1-3,6-7H2;4-6,11,14-16H,7-10,13H2,1-3H3;/q2*-1;. The summed E-state index contributed by atoms with van der Waals surface area (Å²) in [6.45, 7) is 7.28. The van der Waals surface area contributed by atoms with Crippen molar-refractivity contribution in [3.05, 3.63) is 109 Å². The molecule has 48 heavy (non-hydrogen) atoms. The first kappa shape index (κ1) is 34.4. The van der Waals surface area contributed by atoms with Crippen LogP contribution >= 0.6 is 0 Å². The molecule has 4 aromatic heterocycles. The number of hydrogen-bond acceptors (Lipinski definition) is 4. The van der Waals surface area contributed by atoms with Gasteiger partial charge in [-0.2, -0.15) is 0 Å². The average molecular weight is 828 g/mol. The van der Waals surface area contributed by atoms with Gasteiger partial charge in [-0.15, -0.1) is 54.1 Å². The molecule has 0 saturated heterocycles. The molecule has 0 N–H and O–H groups in total. The molecule has 0 atom stereocenters. The largest absolute Gasteiger partial charge is 0.486 e. The van der Waals surface area contributed by atoms with Crippen LogP contribution in [0.25, 0.3) is 44.6 Å². The predicted octanol–water partition coefficient (Wildman–Crippen LogP) is 10.7. The van der Waals surface area contributed by atoms with Crippen molar-refractivity contribution in [1.29, 1.82) is 0 Å². The van der Waals surface area contributed by atoms with Crippen molar-refractivity contribution < 1.29 is 24.5 Å². The maximum Gasteiger partial charge on any atom is 0.216 e. The number of furan rings is 1. The first-order valence-corrected chi connectivity index (χ1v) is 21.0. The third-order valence-electron chi connectivity index (χ3n) is 10.1. The number of fused-ring (bicyclic) bond motifs is 3. The molecular formula is C42H45IrN3OSi-2. The Bertz CT molecular complexity index is 1950. The number of aromatic nitrogens is 3. The van der Waals surface area contributed by atoms with Gasteiger partial charge in [0.05, 0.1) is 13.7 Å². The first-order valence-electron chi connectivity index (χ1n) is 17.5. The van der Waals surface area contributed by atoms with E-state index in [1.807, 2.05) is 42.6 Å². The third-order valence-corrected chi connectivity index (χ3v) is 12.2. The SMILES string of the molecule is C[Si](C)(C)c1cnc(-c2[c-]cccc2)cc1CC1CCCC1.[Ir].[c-]1ccc2c(oc3ncccc32)c1-c1cc(C2CCCCC2)ccn1. The summed E-state index contributed by atoms with van der Waals surface area (Å²) in [7, 11) is -1.35. The van der Waals surface area contributed by atoms with Crippen LogP contribution in [0.5, 0.6) is 0 Å². The van der Waals surface area contributed by atoms with Crippen LogP contribution in [0.3, 0.4) is 0 Å². The summed E-state index contributed by atoms with van der Waals surface area (Å²) in [6, 6.07) is 29.5. The van der Waals surface area contributed by atoms with Crippen molar-refractivity contribution in [2.75, 3.05) is 0 Å². The van der Waals surface area contributed by atoms with E-state index in [2.05, 4.69) is 78.3 Å². The Labute approximate surface area is 300 Å². The maximum atomic E-state index is 6.04. The molecule has 6 heteroatoms. The van der Waals surface area contributed by atoms with Crippen molar-refractivity contribution in [3.63, 3.8) is 0 Å². The van der Waals surface area contributed by atoms with Gasteiger partial charge >= 0.3 is 0 Å². The molecule has 2 aliphatic carbocycles. The molecule has 8 rings (SSSR count). The van der Waals surface area contributed by atoms with E-state index < -0.39 is 8.07 Å². The van der Waals surface area contributed by atoms with Gasteiger partial charge in [-0.05, 0) is 65.9 Å². The zero-order valence-electron chi connectivity index (χ0n) is 28.4. The molecule has 0 unspecified atom stereocenters. The summed E-state index contributed by atoms with van der Waals surface area (Å²) in [5, 5.41) is 3.65. The summed E-state index contributed by atoms with van der Waals surface area (Å²) >= 11 is 0. The topological polar surface area (TPSA) is 51.8 Å². The Morgan fingerprint density at radius 1 is 0.750 bits per heavy atom. The van der Waals surface area contributed by atoms with Gasteiger partial charge in [0.25, 0.3) is 0 Å². The molecule has 0 aliphatic heterocycles. The van der Waals surface area contributed by atoms with Crippen molar-refractivity contribution in [2.45, 2.75) is 89.8 Å². The molecule has 4 nitrogen and oxygen atoms in total. The van der Waals surface area contributed by atoms with E-state index in [0.29, 0.717) is 11.6 Å².